The van der Waals surface area contributed by atoms with Crippen LogP contribution in [0.4, 0.5) is 0 Å². The van der Waals surface area contributed by atoms with Gasteiger partial charge < -0.3 is 0 Å². The van der Waals surface area contributed by atoms with Gasteiger partial charge in [0.15, 0.2) is 0 Å². The van der Waals surface area contributed by atoms with Crippen molar-refractivity contribution < 1.29 is 0 Å². The van der Waals surface area contributed by atoms with E-state index in [9.17, 15) is 4.91 Å². The summed E-state index contributed by atoms with van der Waals surface area (Å²) in [5.41, 5.74) is 0.000000000000000222. The van der Waals surface area contributed by atoms with Crippen LogP contribution in [0.5, 0.6) is 0 Å². The Morgan fingerprint density at radius 1 is 1.71 bits per heavy atom. The fourth-order valence-corrected chi connectivity index (χ4v) is 1.41. The Morgan fingerprint density at radius 2 is 2.57 bits per heavy atom. The molecule has 2 heteroatoms. The third-order valence-electron chi connectivity index (χ3n) is 2.31. The van der Waals surface area contributed by atoms with E-state index in [1.165, 1.54) is 6.42 Å². The lowest BCUT2D eigenvalue weighted by atomic mass is 9.94. The standard InChI is InChI=1S/C5H7NO/c7-6-5-2-1-4(5)3-5/h4H,1-3H2/t4-,5?/m1/s1. The molecule has 38 valence electrons. The molecule has 0 aliphatic heterocycles. The third-order valence-corrected chi connectivity index (χ3v) is 2.31. The molecule has 0 N–H and O–H groups in total. The molecule has 0 aromatic carbocycles. The zero-order valence-corrected chi connectivity index (χ0v) is 4.05. The first-order valence-corrected chi connectivity index (χ1v) is 2.72. The molecule has 2 aliphatic carbocycles. The van der Waals surface area contributed by atoms with Crippen LogP contribution in [0.2, 0.25) is 0 Å². The Labute approximate surface area is 41.9 Å². The van der Waals surface area contributed by atoms with Gasteiger partial charge in [-0.05, 0) is 25.2 Å². The molecule has 2 aliphatic rings. The molecule has 0 spiro atoms. The van der Waals surface area contributed by atoms with Crippen LogP contribution in [0.1, 0.15) is 19.3 Å². The van der Waals surface area contributed by atoms with Gasteiger partial charge in [-0.2, -0.15) is 4.91 Å². The van der Waals surface area contributed by atoms with Crippen molar-refractivity contribution >= 4 is 0 Å². The van der Waals surface area contributed by atoms with Crippen molar-refractivity contribution in [2.75, 3.05) is 0 Å². The van der Waals surface area contributed by atoms with Crippen molar-refractivity contribution in [1.29, 1.82) is 0 Å². The first kappa shape index (κ1) is 3.58. The monoisotopic (exact) mass is 97.1 g/mol. The highest BCUT2D eigenvalue weighted by atomic mass is 16.3. The predicted molar refractivity (Wildman–Crippen MR) is 25.9 cm³/mol. The number of fused-ring (bicyclic) bond motifs is 1. The Hall–Kier alpha value is -0.400. The summed E-state index contributed by atoms with van der Waals surface area (Å²) in [5, 5.41) is 3.05. The van der Waals surface area contributed by atoms with Crippen LogP contribution in [0, 0.1) is 10.8 Å². The first-order chi connectivity index (χ1) is 3.37. The molecule has 0 aromatic rings. The summed E-state index contributed by atoms with van der Waals surface area (Å²) in [6, 6.07) is 0. The molecule has 0 saturated heterocycles. The maximum Gasteiger partial charge on any atom is 0.106 e. The molecular formula is C5H7NO. The van der Waals surface area contributed by atoms with E-state index in [0.29, 0.717) is 5.92 Å². The summed E-state index contributed by atoms with van der Waals surface area (Å²) in [6.45, 7) is 0. The zero-order valence-electron chi connectivity index (χ0n) is 4.05. The zero-order chi connectivity index (χ0) is 4.91. The fraction of sp³-hybridized carbons (Fsp3) is 1.00. The number of hydrogen-bond donors (Lipinski definition) is 0. The third kappa shape index (κ3) is 0.234. The number of nitroso groups, excluding NO2 is 1. The molecule has 2 fully saturated rings. The van der Waals surface area contributed by atoms with Crippen molar-refractivity contribution in [3.8, 4) is 0 Å². The minimum Gasteiger partial charge on any atom is -0.150 e. The molecule has 2 saturated carbocycles. The second-order valence-corrected chi connectivity index (χ2v) is 2.63. The minimum absolute atomic E-state index is 0.000000000000000222. The van der Waals surface area contributed by atoms with Gasteiger partial charge in [0.05, 0.1) is 0 Å². The SMILES string of the molecule is O=NC12CC[C@@H]1C2. The van der Waals surface area contributed by atoms with Crippen molar-refractivity contribution in [2.45, 2.75) is 24.8 Å². The molecule has 0 radical (unpaired) electrons. The Morgan fingerprint density at radius 3 is 2.57 bits per heavy atom. The summed E-state index contributed by atoms with van der Waals surface area (Å²) < 4.78 is 0. The molecule has 0 bridgehead atoms. The highest BCUT2D eigenvalue weighted by Crippen LogP contribution is 2.62. The van der Waals surface area contributed by atoms with E-state index in [2.05, 4.69) is 5.18 Å². The van der Waals surface area contributed by atoms with Crippen LogP contribution in [-0.4, -0.2) is 5.54 Å². The van der Waals surface area contributed by atoms with Gasteiger partial charge in [0, 0.05) is 0 Å². The van der Waals surface area contributed by atoms with Crippen LogP contribution in [-0.2, 0) is 0 Å². The van der Waals surface area contributed by atoms with Crippen molar-refractivity contribution in [1.82, 2.24) is 0 Å². The molecule has 0 aromatic heterocycles. The Kier molecular flexibility index (Phi) is 0.382. The molecule has 2 nitrogen and oxygen atoms in total. The van der Waals surface area contributed by atoms with Gasteiger partial charge in [0.1, 0.15) is 5.54 Å². The van der Waals surface area contributed by atoms with E-state index in [-0.39, 0.29) is 5.54 Å². The lowest BCUT2D eigenvalue weighted by Gasteiger charge is -2.15. The summed E-state index contributed by atoms with van der Waals surface area (Å²) >= 11 is 0. The van der Waals surface area contributed by atoms with Crippen LogP contribution in [0.25, 0.3) is 0 Å². The number of rotatable bonds is 1. The van der Waals surface area contributed by atoms with Gasteiger partial charge >= 0.3 is 0 Å². The van der Waals surface area contributed by atoms with Crippen LogP contribution in [0.3, 0.4) is 0 Å². The topological polar surface area (TPSA) is 29.4 Å². The van der Waals surface area contributed by atoms with E-state index in [1.54, 1.807) is 0 Å². The molecule has 0 heterocycles. The van der Waals surface area contributed by atoms with Crippen LogP contribution in [0.15, 0.2) is 5.18 Å². The highest BCUT2D eigenvalue weighted by molar-refractivity contribution is 5.17. The molecule has 1 unspecified atom stereocenters. The van der Waals surface area contributed by atoms with Gasteiger partial charge in [0.25, 0.3) is 0 Å². The molecule has 2 rings (SSSR count). The largest absolute Gasteiger partial charge is 0.150 e. The average Bonchev–Trinajstić information content (AvgIpc) is 2.12. The van der Waals surface area contributed by atoms with E-state index < -0.39 is 0 Å². The Bertz CT molecular complexity index is 119. The van der Waals surface area contributed by atoms with Gasteiger partial charge in [-0.3, -0.25) is 0 Å². The minimum atomic E-state index is 0.000000000000000222. The molecule has 7 heavy (non-hydrogen) atoms. The molecule has 0 amide bonds. The van der Waals surface area contributed by atoms with E-state index in [1.807, 2.05) is 0 Å². The van der Waals surface area contributed by atoms with Gasteiger partial charge in [-0.25, -0.2) is 0 Å². The van der Waals surface area contributed by atoms with Gasteiger partial charge in [-0.15, -0.1) is 0 Å². The average molecular weight is 97.1 g/mol. The summed E-state index contributed by atoms with van der Waals surface area (Å²) in [7, 11) is 0. The first-order valence-electron chi connectivity index (χ1n) is 2.72. The van der Waals surface area contributed by atoms with Gasteiger partial charge in [-0.1, -0.05) is 5.18 Å². The quantitative estimate of drug-likeness (QED) is 0.453. The second kappa shape index (κ2) is 0.746. The van der Waals surface area contributed by atoms with Crippen molar-refractivity contribution in [3.05, 3.63) is 4.91 Å². The smallest absolute Gasteiger partial charge is 0.106 e. The number of hydrogen-bond acceptors (Lipinski definition) is 2. The van der Waals surface area contributed by atoms with Crippen molar-refractivity contribution in [2.24, 2.45) is 11.1 Å². The summed E-state index contributed by atoms with van der Waals surface area (Å²) in [6.07, 6.45) is 3.42. The van der Waals surface area contributed by atoms with E-state index >= 15 is 0 Å². The maximum absolute atomic E-state index is 9.90. The van der Waals surface area contributed by atoms with Crippen molar-refractivity contribution in [3.63, 3.8) is 0 Å². The normalized spacial score (nSPS) is 54.6. The number of nitrogens with zero attached hydrogens (tertiary/aromatic N) is 1. The van der Waals surface area contributed by atoms with E-state index in [0.717, 1.165) is 12.8 Å². The van der Waals surface area contributed by atoms with Crippen LogP contribution < -0.4 is 0 Å². The lowest BCUT2D eigenvalue weighted by Crippen LogP contribution is -2.17. The summed E-state index contributed by atoms with van der Waals surface area (Å²) in [4.78, 5) is 9.90. The Balaban J connectivity index is 2.19. The lowest BCUT2D eigenvalue weighted by molar-refractivity contribution is 0.400. The van der Waals surface area contributed by atoms with E-state index in [4.69, 9.17) is 0 Å². The summed E-state index contributed by atoms with van der Waals surface area (Å²) in [5.74, 6) is 0.713. The second-order valence-electron chi connectivity index (χ2n) is 2.63. The van der Waals surface area contributed by atoms with Gasteiger partial charge in [0.2, 0.25) is 0 Å². The maximum atomic E-state index is 9.90. The molecular weight excluding hydrogens is 90.1 g/mol. The fourth-order valence-electron chi connectivity index (χ4n) is 1.41. The molecule has 2 atom stereocenters. The predicted octanol–water partition coefficient (Wildman–Crippen LogP) is 1.31. The van der Waals surface area contributed by atoms with Crippen LogP contribution >= 0.6 is 0 Å². The highest BCUT2D eigenvalue weighted by Gasteiger charge is 2.63.